The number of benzene rings is 1. The van der Waals surface area contributed by atoms with E-state index in [4.69, 9.17) is 5.73 Å². The monoisotopic (exact) mass is 247 g/mol. The molecule has 18 heavy (non-hydrogen) atoms. The van der Waals surface area contributed by atoms with Crippen LogP contribution < -0.4 is 16.0 Å². The normalized spacial score (nSPS) is 16.7. The molecule has 0 unspecified atom stereocenters. The fraction of sp³-hybridized carbons (Fsp3) is 0.500. The summed E-state index contributed by atoms with van der Waals surface area (Å²) in [7, 11) is 0. The van der Waals surface area contributed by atoms with E-state index in [-0.39, 0.29) is 5.91 Å². The Morgan fingerprint density at radius 3 is 2.67 bits per heavy atom. The van der Waals surface area contributed by atoms with E-state index >= 15 is 0 Å². The molecule has 4 nitrogen and oxygen atoms in total. The number of carbonyl (C=O) groups is 1. The first-order chi connectivity index (χ1) is 8.70. The maximum absolute atomic E-state index is 11.0. The van der Waals surface area contributed by atoms with Gasteiger partial charge in [0.2, 0.25) is 5.91 Å². The van der Waals surface area contributed by atoms with Crippen molar-refractivity contribution in [2.24, 2.45) is 5.73 Å². The van der Waals surface area contributed by atoms with Gasteiger partial charge in [0.25, 0.3) is 0 Å². The topological polar surface area (TPSA) is 58.4 Å². The molecule has 1 aliphatic rings. The average Bonchev–Trinajstić information content (AvgIpc) is 2.39. The van der Waals surface area contributed by atoms with Crippen molar-refractivity contribution in [1.82, 2.24) is 5.32 Å². The third-order valence-electron chi connectivity index (χ3n) is 3.45. The molecular weight excluding hydrogens is 226 g/mol. The van der Waals surface area contributed by atoms with Gasteiger partial charge in [-0.15, -0.1) is 0 Å². The summed E-state index contributed by atoms with van der Waals surface area (Å²) in [5.74, 6) is 0.0656. The number of rotatable bonds is 3. The molecule has 0 radical (unpaired) electrons. The van der Waals surface area contributed by atoms with Gasteiger partial charge in [-0.05, 0) is 24.5 Å². The van der Waals surface area contributed by atoms with E-state index in [9.17, 15) is 4.79 Å². The van der Waals surface area contributed by atoms with E-state index in [0.717, 1.165) is 25.9 Å². The number of para-hydroxylation sites is 1. The summed E-state index contributed by atoms with van der Waals surface area (Å²) in [6, 6.07) is 8.60. The molecule has 0 aliphatic carbocycles. The molecule has 3 N–H and O–H groups in total. The Bertz CT molecular complexity index is 411. The quantitative estimate of drug-likeness (QED) is 0.845. The Labute approximate surface area is 108 Å². The molecule has 1 heterocycles. The predicted molar refractivity (Wildman–Crippen MR) is 73.4 cm³/mol. The van der Waals surface area contributed by atoms with E-state index in [1.807, 2.05) is 6.07 Å². The molecule has 1 saturated heterocycles. The lowest BCUT2D eigenvalue weighted by Gasteiger charge is -2.34. The van der Waals surface area contributed by atoms with Crippen molar-refractivity contribution in [3.05, 3.63) is 29.8 Å². The predicted octanol–water partition coefficient (Wildman–Crippen LogP) is 1.25. The lowest BCUT2D eigenvalue weighted by Crippen LogP contribution is -2.44. The molecule has 2 rings (SSSR count). The molecule has 4 heteroatoms. The summed E-state index contributed by atoms with van der Waals surface area (Å²) in [4.78, 5) is 13.4. The first kappa shape index (κ1) is 12.9. The molecule has 1 aromatic rings. The van der Waals surface area contributed by atoms with Gasteiger partial charge < -0.3 is 16.0 Å². The van der Waals surface area contributed by atoms with Crippen molar-refractivity contribution in [3.63, 3.8) is 0 Å². The number of nitrogens with two attached hydrogens (primary N) is 1. The Morgan fingerprint density at radius 1 is 1.39 bits per heavy atom. The van der Waals surface area contributed by atoms with Crippen molar-refractivity contribution < 1.29 is 4.79 Å². The van der Waals surface area contributed by atoms with Gasteiger partial charge in [0, 0.05) is 38.3 Å². The number of nitrogens with zero attached hydrogens (tertiary/aromatic N) is 1. The molecule has 0 spiro atoms. The summed E-state index contributed by atoms with van der Waals surface area (Å²) in [5, 5.41) is 2.99. The van der Waals surface area contributed by atoms with Gasteiger partial charge in [0.1, 0.15) is 0 Å². The number of hydrogen-bond donors (Lipinski definition) is 2. The second-order valence-electron chi connectivity index (χ2n) is 4.79. The van der Waals surface area contributed by atoms with Gasteiger partial charge in [0.15, 0.2) is 0 Å². The number of nitrogens with one attached hydrogen (secondary N) is 1. The van der Waals surface area contributed by atoms with Crippen LogP contribution in [0.5, 0.6) is 0 Å². The van der Waals surface area contributed by atoms with E-state index < -0.39 is 0 Å². The number of hydrogen-bond acceptors (Lipinski definition) is 3. The minimum Gasteiger partial charge on any atom is -0.371 e. The third kappa shape index (κ3) is 3.01. The zero-order valence-corrected chi connectivity index (χ0v) is 10.9. The van der Waals surface area contributed by atoms with E-state index in [2.05, 4.69) is 28.4 Å². The van der Waals surface area contributed by atoms with Crippen LogP contribution in [0.4, 0.5) is 5.69 Å². The van der Waals surface area contributed by atoms with Crippen LogP contribution in [0.25, 0.3) is 0 Å². The standard InChI is InChI=1S/C14H21N3O/c1-11(18)16-13-6-8-17(9-7-13)14-5-3-2-4-12(14)10-15/h2-5,13H,6-10,15H2,1H3,(H,16,18). The largest absolute Gasteiger partial charge is 0.371 e. The van der Waals surface area contributed by atoms with Crippen molar-refractivity contribution in [3.8, 4) is 0 Å². The maximum atomic E-state index is 11.0. The smallest absolute Gasteiger partial charge is 0.217 e. The van der Waals surface area contributed by atoms with Crippen molar-refractivity contribution in [2.45, 2.75) is 32.4 Å². The molecule has 0 atom stereocenters. The number of anilines is 1. The van der Waals surface area contributed by atoms with E-state index in [1.165, 1.54) is 11.3 Å². The van der Waals surface area contributed by atoms with E-state index in [0.29, 0.717) is 12.6 Å². The highest BCUT2D eigenvalue weighted by atomic mass is 16.1. The van der Waals surface area contributed by atoms with Gasteiger partial charge in [-0.2, -0.15) is 0 Å². The summed E-state index contributed by atoms with van der Waals surface area (Å²) in [5.41, 5.74) is 8.19. The van der Waals surface area contributed by atoms with Crippen LogP contribution in [0.1, 0.15) is 25.3 Å². The molecule has 0 aromatic heterocycles. The Balaban J connectivity index is 1.99. The molecule has 1 aliphatic heterocycles. The van der Waals surface area contributed by atoms with Gasteiger partial charge in [0.05, 0.1) is 0 Å². The second kappa shape index (κ2) is 5.87. The number of piperidine rings is 1. The van der Waals surface area contributed by atoms with Crippen LogP contribution in [0.15, 0.2) is 24.3 Å². The highest BCUT2D eigenvalue weighted by Gasteiger charge is 2.20. The highest BCUT2D eigenvalue weighted by molar-refractivity contribution is 5.73. The van der Waals surface area contributed by atoms with Gasteiger partial charge >= 0.3 is 0 Å². The Kier molecular flexibility index (Phi) is 4.20. The van der Waals surface area contributed by atoms with Crippen molar-refractivity contribution in [2.75, 3.05) is 18.0 Å². The fourth-order valence-corrected chi connectivity index (χ4v) is 2.54. The average molecular weight is 247 g/mol. The second-order valence-corrected chi connectivity index (χ2v) is 4.79. The first-order valence-electron chi connectivity index (χ1n) is 6.50. The molecule has 98 valence electrons. The highest BCUT2D eigenvalue weighted by Crippen LogP contribution is 2.23. The van der Waals surface area contributed by atoms with Gasteiger partial charge in [-0.3, -0.25) is 4.79 Å². The van der Waals surface area contributed by atoms with Crippen LogP contribution in [0, 0.1) is 0 Å². The summed E-state index contributed by atoms with van der Waals surface area (Å²) < 4.78 is 0. The Morgan fingerprint density at radius 2 is 2.06 bits per heavy atom. The third-order valence-corrected chi connectivity index (χ3v) is 3.45. The zero-order valence-electron chi connectivity index (χ0n) is 10.9. The fourth-order valence-electron chi connectivity index (χ4n) is 2.54. The van der Waals surface area contributed by atoms with Crippen molar-refractivity contribution in [1.29, 1.82) is 0 Å². The maximum Gasteiger partial charge on any atom is 0.217 e. The minimum absolute atomic E-state index is 0.0656. The minimum atomic E-state index is 0.0656. The number of carbonyl (C=O) groups excluding carboxylic acids is 1. The summed E-state index contributed by atoms with van der Waals surface area (Å²) in [6.07, 6.45) is 2.00. The van der Waals surface area contributed by atoms with Crippen LogP contribution in [-0.4, -0.2) is 25.0 Å². The van der Waals surface area contributed by atoms with Crippen LogP contribution in [0.2, 0.25) is 0 Å². The lowest BCUT2D eigenvalue weighted by atomic mass is 10.0. The Hall–Kier alpha value is -1.55. The SMILES string of the molecule is CC(=O)NC1CCN(c2ccccc2CN)CC1. The summed E-state index contributed by atoms with van der Waals surface area (Å²) in [6.45, 7) is 4.10. The molecule has 1 amide bonds. The molecule has 0 bridgehead atoms. The molecule has 0 saturated carbocycles. The zero-order chi connectivity index (χ0) is 13.0. The van der Waals surface area contributed by atoms with E-state index in [1.54, 1.807) is 6.92 Å². The van der Waals surface area contributed by atoms with Crippen LogP contribution in [-0.2, 0) is 11.3 Å². The van der Waals surface area contributed by atoms with Crippen LogP contribution in [0.3, 0.4) is 0 Å². The molecular formula is C14H21N3O. The van der Waals surface area contributed by atoms with Gasteiger partial charge in [-0.25, -0.2) is 0 Å². The van der Waals surface area contributed by atoms with Crippen LogP contribution >= 0.6 is 0 Å². The lowest BCUT2D eigenvalue weighted by molar-refractivity contribution is -0.119. The molecule has 1 fully saturated rings. The molecule has 1 aromatic carbocycles. The van der Waals surface area contributed by atoms with Crippen molar-refractivity contribution >= 4 is 11.6 Å². The summed E-state index contributed by atoms with van der Waals surface area (Å²) >= 11 is 0. The first-order valence-corrected chi connectivity index (χ1v) is 6.50. The number of amides is 1. The van der Waals surface area contributed by atoms with Gasteiger partial charge in [-0.1, -0.05) is 18.2 Å².